The number of quaternary nitrogens is 1. The van der Waals surface area contributed by atoms with Crippen molar-refractivity contribution in [2.45, 2.75) is 0 Å². The van der Waals surface area contributed by atoms with E-state index in [9.17, 15) is 9.18 Å². The van der Waals surface area contributed by atoms with Crippen molar-refractivity contribution in [1.82, 2.24) is 4.98 Å². The van der Waals surface area contributed by atoms with Crippen molar-refractivity contribution in [2.24, 2.45) is 0 Å². The SMILES string of the molecule is COc1ccc2sc(N(CC[NH+](C)C)C(=O)c3ccc(F)cc3)nc2c1. The van der Waals surface area contributed by atoms with Gasteiger partial charge in [-0.2, -0.15) is 0 Å². The summed E-state index contributed by atoms with van der Waals surface area (Å²) in [7, 11) is 5.67. The highest BCUT2D eigenvalue weighted by Gasteiger charge is 2.22. The highest BCUT2D eigenvalue weighted by Crippen LogP contribution is 2.31. The van der Waals surface area contributed by atoms with E-state index in [0.29, 0.717) is 17.2 Å². The molecule has 0 bridgehead atoms. The number of benzene rings is 2. The molecule has 3 rings (SSSR count). The van der Waals surface area contributed by atoms with Crippen LogP contribution in [0, 0.1) is 5.82 Å². The van der Waals surface area contributed by atoms with Gasteiger partial charge in [-0.15, -0.1) is 0 Å². The van der Waals surface area contributed by atoms with Gasteiger partial charge >= 0.3 is 0 Å². The first kappa shape index (κ1) is 18.3. The zero-order valence-electron chi connectivity index (χ0n) is 15.0. The molecule has 136 valence electrons. The molecule has 0 aliphatic carbocycles. The summed E-state index contributed by atoms with van der Waals surface area (Å²) in [5.41, 5.74) is 1.23. The summed E-state index contributed by atoms with van der Waals surface area (Å²) in [5, 5.41) is 0.629. The molecule has 1 heterocycles. The number of methoxy groups -OCH3 is 1. The van der Waals surface area contributed by atoms with E-state index in [1.807, 2.05) is 32.3 Å². The number of anilines is 1. The third-order valence-corrected chi connectivity index (χ3v) is 5.05. The first-order chi connectivity index (χ1) is 12.5. The number of nitrogens with one attached hydrogen (secondary N) is 1. The highest BCUT2D eigenvalue weighted by molar-refractivity contribution is 7.22. The van der Waals surface area contributed by atoms with Gasteiger partial charge in [0.1, 0.15) is 11.6 Å². The Morgan fingerprint density at radius 1 is 1.23 bits per heavy atom. The van der Waals surface area contributed by atoms with Gasteiger partial charge in [-0.25, -0.2) is 9.37 Å². The molecule has 0 atom stereocenters. The van der Waals surface area contributed by atoms with Gasteiger partial charge < -0.3 is 9.64 Å². The standard InChI is InChI=1S/C19H20FN3O2S/c1-22(2)10-11-23(18(24)13-4-6-14(20)7-5-13)19-21-16-12-15(25-3)8-9-17(16)26-19/h4-9,12H,10-11H2,1-3H3/p+1. The molecule has 5 nitrogen and oxygen atoms in total. The molecule has 3 aromatic rings. The predicted molar refractivity (Wildman–Crippen MR) is 102 cm³/mol. The van der Waals surface area contributed by atoms with Crippen LogP contribution in [0.1, 0.15) is 10.4 Å². The second-order valence-electron chi connectivity index (χ2n) is 6.25. The van der Waals surface area contributed by atoms with E-state index < -0.39 is 0 Å². The molecule has 0 saturated carbocycles. The summed E-state index contributed by atoms with van der Waals surface area (Å²) in [5.74, 6) is 0.179. The Balaban J connectivity index is 1.97. The summed E-state index contributed by atoms with van der Waals surface area (Å²) in [6, 6.07) is 11.3. The van der Waals surface area contributed by atoms with Crippen molar-refractivity contribution >= 4 is 32.6 Å². The number of carbonyl (C=O) groups excluding carboxylic acids is 1. The van der Waals surface area contributed by atoms with Crippen LogP contribution in [-0.4, -0.2) is 45.2 Å². The molecular weight excluding hydrogens is 353 g/mol. The second kappa shape index (κ2) is 7.80. The lowest BCUT2D eigenvalue weighted by atomic mass is 10.2. The Bertz CT molecular complexity index is 909. The quantitative estimate of drug-likeness (QED) is 0.720. The van der Waals surface area contributed by atoms with Crippen LogP contribution in [0.2, 0.25) is 0 Å². The smallest absolute Gasteiger partial charge is 0.260 e. The number of hydrogen-bond acceptors (Lipinski definition) is 4. The molecule has 1 amide bonds. The number of halogens is 1. The zero-order valence-corrected chi connectivity index (χ0v) is 15.8. The molecule has 7 heteroatoms. The molecule has 0 fully saturated rings. The van der Waals surface area contributed by atoms with Gasteiger partial charge in [0.25, 0.3) is 5.91 Å². The minimum atomic E-state index is -0.363. The topological polar surface area (TPSA) is 46.9 Å². The minimum Gasteiger partial charge on any atom is -0.497 e. The van der Waals surface area contributed by atoms with E-state index in [-0.39, 0.29) is 11.7 Å². The van der Waals surface area contributed by atoms with Crippen molar-refractivity contribution in [3.8, 4) is 5.75 Å². The minimum absolute atomic E-state index is 0.183. The number of likely N-dealkylation sites (N-methyl/N-ethyl adjacent to an activating group) is 1. The number of carbonyl (C=O) groups is 1. The van der Waals surface area contributed by atoms with Crippen molar-refractivity contribution < 1.29 is 18.8 Å². The van der Waals surface area contributed by atoms with E-state index in [1.54, 1.807) is 12.0 Å². The summed E-state index contributed by atoms with van der Waals surface area (Å²) >= 11 is 1.46. The number of fused-ring (bicyclic) bond motifs is 1. The van der Waals surface area contributed by atoms with Gasteiger partial charge in [0.15, 0.2) is 5.13 Å². The number of hydrogen-bond donors (Lipinski definition) is 1. The Kier molecular flexibility index (Phi) is 5.49. The molecule has 26 heavy (non-hydrogen) atoms. The number of amides is 1. The van der Waals surface area contributed by atoms with Crippen LogP contribution in [0.5, 0.6) is 5.75 Å². The Morgan fingerprint density at radius 2 is 1.96 bits per heavy atom. The van der Waals surface area contributed by atoms with Crippen LogP contribution < -0.4 is 14.5 Å². The number of thiazole rings is 1. The van der Waals surface area contributed by atoms with E-state index >= 15 is 0 Å². The van der Waals surface area contributed by atoms with E-state index in [2.05, 4.69) is 4.98 Å². The van der Waals surface area contributed by atoms with Crippen molar-refractivity contribution in [3.63, 3.8) is 0 Å². The Hall–Kier alpha value is -2.51. The van der Waals surface area contributed by atoms with Gasteiger partial charge in [0.2, 0.25) is 0 Å². The maximum atomic E-state index is 13.2. The average molecular weight is 374 g/mol. The summed E-state index contributed by atoms with van der Waals surface area (Å²) in [4.78, 5) is 20.5. The van der Waals surface area contributed by atoms with E-state index in [1.165, 1.54) is 40.5 Å². The van der Waals surface area contributed by atoms with Crippen molar-refractivity contribution in [1.29, 1.82) is 0 Å². The fourth-order valence-corrected chi connectivity index (χ4v) is 3.48. The lowest BCUT2D eigenvalue weighted by Gasteiger charge is -2.20. The van der Waals surface area contributed by atoms with Crippen molar-refractivity contribution in [2.75, 3.05) is 39.2 Å². The number of nitrogens with zero attached hydrogens (tertiary/aromatic N) is 2. The van der Waals surface area contributed by atoms with Crippen LogP contribution in [0.25, 0.3) is 10.2 Å². The maximum Gasteiger partial charge on any atom is 0.260 e. The molecular formula is C19H21FN3O2S+. The lowest BCUT2D eigenvalue weighted by Crippen LogP contribution is -3.06. The van der Waals surface area contributed by atoms with Crippen LogP contribution in [0.4, 0.5) is 9.52 Å². The molecule has 0 spiro atoms. The zero-order chi connectivity index (χ0) is 18.7. The summed E-state index contributed by atoms with van der Waals surface area (Å²) < 4.78 is 19.4. The molecule has 1 aromatic heterocycles. The van der Waals surface area contributed by atoms with E-state index in [0.717, 1.165) is 22.5 Å². The maximum absolute atomic E-state index is 13.2. The van der Waals surface area contributed by atoms with Gasteiger partial charge in [0, 0.05) is 11.6 Å². The second-order valence-corrected chi connectivity index (χ2v) is 7.26. The third-order valence-electron chi connectivity index (χ3n) is 3.99. The highest BCUT2D eigenvalue weighted by atomic mass is 32.1. The van der Waals surface area contributed by atoms with E-state index in [4.69, 9.17) is 4.74 Å². The van der Waals surface area contributed by atoms with Gasteiger partial charge in [-0.3, -0.25) is 9.69 Å². The molecule has 2 aromatic carbocycles. The molecule has 0 saturated heterocycles. The summed E-state index contributed by atoms with van der Waals surface area (Å²) in [6.45, 7) is 1.29. The average Bonchev–Trinajstić information content (AvgIpc) is 3.04. The lowest BCUT2D eigenvalue weighted by molar-refractivity contribution is -0.856. The molecule has 0 unspecified atom stereocenters. The first-order valence-electron chi connectivity index (χ1n) is 8.29. The molecule has 0 aliphatic heterocycles. The molecule has 0 radical (unpaired) electrons. The number of aromatic nitrogens is 1. The number of ether oxygens (including phenoxy) is 1. The molecule has 0 aliphatic rings. The van der Waals surface area contributed by atoms with Crippen LogP contribution >= 0.6 is 11.3 Å². The van der Waals surface area contributed by atoms with Crippen LogP contribution in [0.15, 0.2) is 42.5 Å². The monoisotopic (exact) mass is 374 g/mol. The predicted octanol–water partition coefficient (Wildman–Crippen LogP) is 2.24. The Labute approximate surface area is 155 Å². The third kappa shape index (κ3) is 4.00. The van der Waals surface area contributed by atoms with Crippen LogP contribution in [-0.2, 0) is 0 Å². The fraction of sp³-hybridized carbons (Fsp3) is 0.263. The molecule has 1 N–H and O–H groups in total. The Morgan fingerprint density at radius 3 is 2.62 bits per heavy atom. The van der Waals surface area contributed by atoms with Gasteiger partial charge in [-0.1, -0.05) is 11.3 Å². The number of rotatable bonds is 6. The van der Waals surface area contributed by atoms with Gasteiger partial charge in [0.05, 0.1) is 44.5 Å². The fourth-order valence-electron chi connectivity index (χ4n) is 2.51. The van der Waals surface area contributed by atoms with Crippen LogP contribution in [0.3, 0.4) is 0 Å². The normalized spacial score (nSPS) is 11.1. The summed E-state index contributed by atoms with van der Waals surface area (Å²) in [6.07, 6.45) is 0. The largest absolute Gasteiger partial charge is 0.497 e. The first-order valence-corrected chi connectivity index (χ1v) is 9.10. The van der Waals surface area contributed by atoms with Crippen molar-refractivity contribution in [3.05, 3.63) is 53.8 Å². The van der Waals surface area contributed by atoms with Gasteiger partial charge in [-0.05, 0) is 36.4 Å².